The number of hydrogen-bond acceptors (Lipinski definition) is 2. The summed E-state index contributed by atoms with van der Waals surface area (Å²) in [4.78, 5) is 25.5. The van der Waals surface area contributed by atoms with Gasteiger partial charge in [0, 0.05) is 11.6 Å². The zero-order valence-electron chi connectivity index (χ0n) is 15.7. The van der Waals surface area contributed by atoms with Gasteiger partial charge in [0.05, 0.1) is 0 Å². The van der Waals surface area contributed by atoms with Gasteiger partial charge in [-0.1, -0.05) is 67.3 Å². The molecule has 1 aliphatic carbocycles. The topological polar surface area (TPSA) is 58.2 Å². The first-order valence-electron chi connectivity index (χ1n) is 9.57. The largest absolute Gasteiger partial charge is 0.348 e. The highest BCUT2D eigenvalue weighted by molar-refractivity contribution is 6.05. The maximum atomic E-state index is 12.8. The van der Waals surface area contributed by atoms with Gasteiger partial charge < -0.3 is 10.6 Å². The molecular formula is C23H26N2O2. The minimum atomic E-state index is -0.282. The van der Waals surface area contributed by atoms with Crippen LogP contribution in [0, 0.1) is 6.92 Å². The predicted molar refractivity (Wildman–Crippen MR) is 108 cm³/mol. The Morgan fingerprint density at radius 2 is 1.59 bits per heavy atom. The Morgan fingerprint density at radius 3 is 2.26 bits per heavy atom. The molecule has 2 aromatic carbocycles. The molecule has 0 atom stereocenters. The zero-order valence-corrected chi connectivity index (χ0v) is 15.7. The van der Waals surface area contributed by atoms with Gasteiger partial charge in [-0.2, -0.15) is 0 Å². The zero-order chi connectivity index (χ0) is 19.1. The molecule has 140 valence electrons. The Kier molecular flexibility index (Phi) is 6.42. The van der Waals surface area contributed by atoms with Crippen LogP contribution in [0.3, 0.4) is 0 Å². The second-order valence-electron chi connectivity index (χ2n) is 7.10. The molecule has 1 aliphatic rings. The molecule has 4 heteroatoms. The van der Waals surface area contributed by atoms with Crippen LogP contribution in [0.2, 0.25) is 0 Å². The summed E-state index contributed by atoms with van der Waals surface area (Å²) in [6.45, 7) is 1.97. The number of rotatable bonds is 5. The second kappa shape index (κ2) is 9.17. The summed E-state index contributed by atoms with van der Waals surface area (Å²) in [5.41, 5.74) is 2.76. The van der Waals surface area contributed by atoms with Gasteiger partial charge in [-0.15, -0.1) is 0 Å². The fraction of sp³-hybridized carbons (Fsp3) is 0.304. The third kappa shape index (κ3) is 5.55. The molecule has 1 saturated carbocycles. The van der Waals surface area contributed by atoms with Crippen LogP contribution in [0.1, 0.15) is 53.6 Å². The van der Waals surface area contributed by atoms with Crippen molar-refractivity contribution in [3.63, 3.8) is 0 Å². The van der Waals surface area contributed by atoms with E-state index in [-0.39, 0.29) is 23.6 Å². The highest BCUT2D eigenvalue weighted by Crippen LogP contribution is 2.18. The minimum absolute atomic E-state index is 0.182. The standard InChI is InChI=1S/C23H26N2O2/c1-17-12-14-19(15-13-17)22(26)25-21(16-18-8-4-2-5-9-18)23(27)24-20-10-6-3-7-11-20/h2,4-5,8-9,12-16,20H,3,6-7,10-11H2,1H3,(H,24,27)(H,25,26)/b21-16+. The van der Waals surface area contributed by atoms with Gasteiger partial charge >= 0.3 is 0 Å². The van der Waals surface area contributed by atoms with Crippen LogP contribution in [0.5, 0.6) is 0 Å². The number of carbonyl (C=O) groups is 2. The Morgan fingerprint density at radius 1 is 0.926 bits per heavy atom. The van der Waals surface area contributed by atoms with Crippen molar-refractivity contribution in [1.82, 2.24) is 10.6 Å². The predicted octanol–water partition coefficient (Wildman–Crippen LogP) is 4.21. The van der Waals surface area contributed by atoms with Gasteiger partial charge in [0.2, 0.25) is 0 Å². The molecule has 2 aromatic rings. The van der Waals surface area contributed by atoms with Crippen molar-refractivity contribution in [2.45, 2.75) is 45.1 Å². The van der Waals surface area contributed by atoms with Crippen LogP contribution in [0.4, 0.5) is 0 Å². The lowest BCUT2D eigenvalue weighted by Crippen LogP contribution is -2.41. The molecule has 0 saturated heterocycles. The van der Waals surface area contributed by atoms with Gasteiger partial charge in [0.15, 0.2) is 0 Å². The monoisotopic (exact) mass is 362 g/mol. The van der Waals surface area contributed by atoms with E-state index in [2.05, 4.69) is 10.6 Å². The van der Waals surface area contributed by atoms with E-state index in [1.54, 1.807) is 18.2 Å². The van der Waals surface area contributed by atoms with Crippen molar-refractivity contribution in [3.05, 3.63) is 77.0 Å². The normalized spacial score (nSPS) is 15.2. The van der Waals surface area contributed by atoms with E-state index in [1.807, 2.05) is 49.4 Å². The molecule has 0 aliphatic heterocycles. The van der Waals surface area contributed by atoms with Crippen molar-refractivity contribution < 1.29 is 9.59 Å². The van der Waals surface area contributed by atoms with Crippen LogP contribution < -0.4 is 10.6 Å². The molecule has 2 amide bonds. The fourth-order valence-corrected chi connectivity index (χ4v) is 3.28. The summed E-state index contributed by atoms with van der Waals surface area (Å²) in [5, 5.41) is 5.88. The lowest BCUT2D eigenvalue weighted by atomic mass is 9.95. The molecular weight excluding hydrogens is 336 g/mol. The van der Waals surface area contributed by atoms with Crippen LogP contribution in [-0.4, -0.2) is 17.9 Å². The van der Waals surface area contributed by atoms with Gasteiger partial charge in [0.1, 0.15) is 5.70 Å². The van der Waals surface area contributed by atoms with Gasteiger partial charge in [-0.3, -0.25) is 9.59 Å². The van der Waals surface area contributed by atoms with E-state index < -0.39 is 0 Å². The van der Waals surface area contributed by atoms with Crippen LogP contribution in [0.15, 0.2) is 60.3 Å². The molecule has 0 spiro atoms. The third-order valence-corrected chi connectivity index (χ3v) is 4.86. The molecule has 3 rings (SSSR count). The fourth-order valence-electron chi connectivity index (χ4n) is 3.28. The number of amides is 2. The van der Waals surface area contributed by atoms with Crippen molar-refractivity contribution >= 4 is 17.9 Å². The second-order valence-corrected chi connectivity index (χ2v) is 7.10. The van der Waals surface area contributed by atoms with Crippen LogP contribution in [-0.2, 0) is 4.79 Å². The van der Waals surface area contributed by atoms with E-state index >= 15 is 0 Å². The van der Waals surface area contributed by atoms with E-state index in [9.17, 15) is 9.59 Å². The number of nitrogens with one attached hydrogen (secondary N) is 2. The van der Waals surface area contributed by atoms with Crippen LogP contribution in [0.25, 0.3) is 6.08 Å². The van der Waals surface area contributed by atoms with Crippen LogP contribution >= 0.6 is 0 Å². The maximum Gasteiger partial charge on any atom is 0.268 e. The van der Waals surface area contributed by atoms with Crippen molar-refractivity contribution in [1.29, 1.82) is 0 Å². The first kappa shape index (κ1) is 18.9. The van der Waals surface area contributed by atoms with Crippen molar-refractivity contribution in [2.24, 2.45) is 0 Å². The molecule has 4 nitrogen and oxygen atoms in total. The molecule has 0 radical (unpaired) electrons. The van der Waals surface area contributed by atoms with E-state index in [1.165, 1.54) is 6.42 Å². The van der Waals surface area contributed by atoms with Gasteiger partial charge in [-0.05, 0) is 43.5 Å². The summed E-state index contributed by atoms with van der Waals surface area (Å²) in [6.07, 6.45) is 7.22. The van der Waals surface area contributed by atoms with Gasteiger partial charge in [-0.25, -0.2) is 0 Å². The number of carbonyl (C=O) groups excluding carboxylic acids is 2. The molecule has 0 bridgehead atoms. The third-order valence-electron chi connectivity index (χ3n) is 4.86. The molecule has 27 heavy (non-hydrogen) atoms. The molecule has 2 N–H and O–H groups in total. The Hall–Kier alpha value is -2.88. The number of benzene rings is 2. The SMILES string of the molecule is Cc1ccc(C(=O)N/C(=C/c2ccccc2)C(=O)NC2CCCCC2)cc1. The smallest absolute Gasteiger partial charge is 0.268 e. The lowest BCUT2D eigenvalue weighted by molar-refractivity contribution is -0.118. The summed E-state index contributed by atoms with van der Waals surface area (Å²) >= 11 is 0. The van der Waals surface area contributed by atoms with E-state index in [0.29, 0.717) is 5.56 Å². The Labute approximate surface area is 160 Å². The van der Waals surface area contributed by atoms with E-state index in [4.69, 9.17) is 0 Å². The Bertz CT molecular complexity index is 804. The lowest BCUT2D eigenvalue weighted by Gasteiger charge is -2.23. The van der Waals surface area contributed by atoms with Crippen molar-refractivity contribution in [2.75, 3.05) is 0 Å². The van der Waals surface area contributed by atoms with Crippen molar-refractivity contribution in [3.8, 4) is 0 Å². The summed E-state index contributed by atoms with van der Waals surface area (Å²) in [7, 11) is 0. The molecule has 0 heterocycles. The highest BCUT2D eigenvalue weighted by atomic mass is 16.2. The first-order chi connectivity index (χ1) is 13.1. The molecule has 1 fully saturated rings. The minimum Gasteiger partial charge on any atom is -0.348 e. The number of aryl methyl sites for hydroxylation is 1. The Balaban J connectivity index is 1.78. The molecule has 0 unspecified atom stereocenters. The highest BCUT2D eigenvalue weighted by Gasteiger charge is 2.20. The summed E-state index contributed by atoms with van der Waals surface area (Å²) < 4.78 is 0. The van der Waals surface area contributed by atoms with Gasteiger partial charge in [0.25, 0.3) is 11.8 Å². The molecule has 0 aromatic heterocycles. The quantitative estimate of drug-likeness (QED) is 0.783. The maximum absolute atomic E-state index is 12.8. The first-order valence-corrected chi connectivity index (χ1v) is 9.57. The number of hydrogen-bond donors (Lipinski definition) is 2. The average Bonchev–Trinajstić information content (AvgIpc) is 2.69. The van der Waals surface area contributed by atoms with E-state index in [0.717, 1.165) is 36.8 Å². The summed E-state index contributed by atoms with van der Waals surface area (Å²) in [5.74, 6) is -0.512. The average molecular weight is 362 g/mol. The summed E-state index contributed by atoms with van der Waals surface area (Å²) in [6, 6.07) is 17.0.